The molecule has 166 valence electrons. The Hall–Kier alpha value is -2.38. The van der Waals surface area contributed by atoms with Crippen LogP contribution in [0.25, 0.3) is 0 Å². The topological polar surface area (TPSA) is 75.7 Å². The zero-order valence-corrected chi connectivity index (χ0v) is 18.8. The Balaban J connectivity index is 1.49. The monoisotopic (exact) mass is 442 g/mol. The average Bonchev–Trinajstić information content (AvgIpc) is 3.35. The summed E-state index contributed by atoms with van der Waals surface area (Å²) >= 11 is 0. The Labute approximate surface area is 184 Å². The van der Waals surface area contributed by atoms with Crippen molar-refractivity contribution < 1.29 is 17.9 Å². The predicted octanol–water partition coefficient (Wildman–Crippen LogP) is 4.78. The van der Waals surface area contributed by atoms with E-state index >= 15 is 0 Å². The van der Waals surface area contributed by atoms with Crippen LogP contribution in [0.1, 0.15) is 66.8 Å². The van der Waals surface area contributed by atoms with E-state index in [1.54, 1.807) is 37.4 Å². The van der Waals surface area contributed by atoms with Gasteiger partial charge in [-0.3, -0.25) is 4.79 Å². The van der Waals surface area contributed by atoms with Crippen molar-refractivity contribution in [1.82, 2.24) is 4.31 Å². The molecule has 2 aliphatic rings. The summed E-state index contributed by atoms with van der Waals surface area (Å²) in [5, 5.41) is 2.89. The first kappa shape index (κ1) is 21.8. The Morgan fingerprint density at radius 3 is 2.29 bits per heavy atom. The second kappa shape index (κ2) is 9.40. The van der Waals surface area contributed by atoms with E-state index in [1.165, 1.54) is 23.6 Å². The van der Waals surface area contributed by atoms with E-state index in [2.05, 4.69) is 5.32 Å². The van der Waals surface area contributed by atoms with Crippen LogP contribution in [0.5, 0.6) is 5.75 Å². The summed E-state index contributed by atoms with van der Waals surface area (Å²) in [6.45, 7) is 1.14. The number of methoxy groups -OCH3 is 1. The van der Waals surface area contributed by atoms with Gasteiger partial charge in [0.1, 0.15) is 5.75 Å². The molecule has 6 nitrogen and oxygen atoms in total. The number of nitrogens with zero attached hydrogens (tertiary/aromatic N) is 1. The highest BCUT2D eigenvalue weighted by atomic mass is 32.2. The van der Waals surface area contributed by atoms with Gasteiger partial charge >= 0.3 is 0 Å². The lowest BCUT2D eigenvalue weighted by atomic mass is 9.83. The Morgan fingerprint density at radius 2 is 1.65 bits per heavy atom. The molecule has 1 heterocycles. The van der Waals surface area contributed by atoms with E-state index in [0.717, 1.165) is 37.0 Å². The number of carbonyl (C=O) groups is 1. The SMILES string of the molecule is COc1ccc(C(=O)Nc2ccc(S(=O)(=O)N3CCCC3)cc2)cc1C1CCCCC1. The fourth-order valence-electron chi connectivity index (χ4n) is 4.60. The van der Waals surface area contributed by atoms with Gasteiger partial charge in [0.05, 0.1) is 12.0 Å². The molecule has 2 aromatic carbocycles. The number of rotatable bonds is 6. The van der Waals surface area contributed by atoms with Crippen LogP contribution in [-0.2, 0) is 10.0 Å². The summed E-state index contributed by atoms with van der Waals surface area (Å²) in [5.41, 5.74) is 2.25. The van der Waals surface area contributed by atoms with E-state index in [0.29, 0.717) is 30.3 Å². The molecule has 1 saturated heterocycles. The lowest BCUT2D eigenvalue weighted by molar-refractivity contribution is 0.102. The number of anilines is 1. The van der Waals surface area contributed by atoms with E-state index in [-0.39, 0.29) is 10.8 Å². The second-order valence-electron chi connectivity index (χ2n) is 8.38. The van der Waals surface area contributed by atoms with Crippen molar-refractivity contribution in [3.63, 3.8) is 0 Å². The molecule has 7 heteroatoms. The highest BCUT2D eigenvalue weighted by Crippen LogP contribution is 2.38. The molecular weight excluding hydrogens is 412 g/mol. The van der Waals surface area contributed by atoms with Crippen LogP contribution >= 0.6 is 0 Å². The van der Waals surface area contributed by atoms with E-state index in [1.807, 2.05) is 12.1 Å². The molecule has 1 amide bonds. The average molecular weight is 443 g/mol. The Morgan fingerprint density at radius 1 is 0.968 bits per heavy atom. The third-order valence-corrected chi connectivity index (χ3v) is 8.26. The molecule has 1 saturated carbocycles. The molecule has 31 heavy (non-hydrogen) atoms. The summed E-state index contributed by atoms with van der Waals surface area (Å²) in [6, 6.07) is 12.0. The van der Waals surface area contributed by atoms with Crippen molar-refractivity contribution in [2.45, 2.75) is 55.8 Å². The van der Waals surface area contributed by atoms with Crippen molar-refractivity contribution in [1.29, 1.82) is 0 Å². The first-order chi connectivity index (χ1) is 15.0. The van der Waals surface area contributed by atoms with Crippen molar-refractivity contribution in [2.75, 3.05) is 25.5 Å². The predicted molar refractivity (Wildman–Crippen MR) is 121 cm³/mol. The number of ether oxygens (including phenoxy) is 1. The summed E-state index contributed by atoms with van der Waals surface area (Å²) in [7, 11) is -1.79. The molecule has 0 spiro atoms. The molecule has 0 aromatic heterocycles. The standard InChI is InChI=1S/C24H30N2O4S/c1-30-23-14-9-19(17-22(23)18-7-3-2-4-8-18)24(27)25-20-10-12-21(13-11-20)31(28,29)26-15-5-6-16-26/h9-14,17-18H,2-8,15-16H2,1H3,(H,25,27). The van der Waals surface area contributed by atoms with Crippen LogP contribution in [0.2, 0.25) is 0 Å². The van der Waals surface area contributed by atoms with Crippen LogP contribution in [0.15, 0.2) is 47.4 Å². The van der Waals surface area contributed by atoms with Gasteiger partial charge < -0.3 is 10.1 Å². The molecule has 0 bridgehead atoms. The molecule has 4 rings (SSSR count). The van der Waals surface area contributed by atoms with Crippen molar-refractivity contribution in [2.24, 2.45) is 0 Å². The first-order valence-electron chi connectivity index (χ1n) is 11.1. The zero-order chi connectivity index (χ0) is 21.8. The van der Waals surface area contributed by atoms with Crippen LogP contribution in [0, 0.1) is 0 Å². The number of nitrogens with one attached hydrogen (secondary N) is 1. The molecule has 2 aromatic rings. The van der Waals surface area contributed by atoms with Gasteiger partial charge in [-0.1, -0.05) is 19.3 Å². The van der Waals surface area contributed by atoms with E-state index in [9.17, 15) is 13.2 Å². The van der Waals surface area contributed by atoms with Gasteiger partial charge in [-0.25, -0.2) is 8.42 Å². The smallest absolute Gasteiger partial charge is 0.255 e. The number of hydrogen-bond acceptors (Lipinski definition) is 4. The minimum Gasteiger partial charge on any atom is -0.496 e. The molecule has 1 aliphatic heterocycles. The maximum atomic E-state index is 12.9. The number of amides is 1. The van der Waals surface area contributed by atoms with E-state index in [4.69, 9.17) is 4.74 Å². The normalized spacial score (nSPS) is 18.1. The summed E-state index contributed by atoms with van der Waals surface area (Å²) in [5.74, 6) is 1.04. The third kappa shape index (κ3) is 4.77. The van der Waals surface area contributed by atoms with Crippen LogP contribution < -0.4 is 10.1 Å². The number of sulfonamides is 1. The van der Waals surface area contributed by atoms with Gasteiger partial charge in [-0.05, 0) is 79.6 Å². The molecule has 2 fully saturated rings. The van der Waals surface area contributed by atoms with Crippen molar-refractivity contribution in [3.05, 3.63) is 53.6 Å². The van der Waals surface area contributed by atoms with Gasteiger partial charge in [0.2, 0.25) is 10.0 Å². The molecule has 1 N–H and O–H groups in total. The summed E-state index contributed by atoms with van der Waals surface area (Å²) in [4.78, 5) is 13.1. The van der Waals surface area contributed by atoms with Crippen LogP contribution in [0.3, 0.4) is 0 Å². The zero-order valence-electron chi connectivity index (χ0n) is 18.0. The fourth-order valence-corrected chi connectivity index (χ4v) is 6.12. The van der Waals surface area contributed by atoms with Crippen LogP contribution in [-0.4, -0.2) is 38.8 Å². The highest BCUT2D eigenvalue weighted by molar-refractivity contribution is 7.89. The van der Waals surface area contributed by atoms with Crippen molar-refractivity contribution >= 4 is 21.6 Å². The molecule has 0 radical (unpaired) electrons. The molecule has 1 aliphatic carbocycles. The minimum atomic E-state index is -3.46. The van der Waals surface area contributed by atoms with Gasteiger partial charge in [0.15, 0.2) is 0 Å². The van der Waals surface area contributed by atoms with E-state index < -0.39 is 10.0 Å². The van der Waals surface area contributed by atoms with Gasteiger partial charge in [0.25, 0.3) is 5.91 Å². The van der Waals surface area contributed by atoms with Gasteiger partial charge in [-0.2, -0.15) is 4.31 Å². The molecular formula is C24H30N2O4S. The molecule has 0 unspecified atom stereocenters. The first-order valence-corrected chi connectivity index (χ1v) is 12.5. The number of benzene rings is 2. The molecule has 0 atom stereocenters. The quantitative estimate of drug-likeness (QED) is 0.699. The number of hydrogen-bond donors (Lipinski definition) is 1. The maximum Gasteiger partial charge on any atom is 0.255 e. The van der Waals surface area contributed by atoms with Crippen molar-refractivity contribution in [3.8, 4) is 5.75 Å². The minimum absolute atomic E-state index is 0.213. The summed E-state index contributed by atoms with van der Waals surface area (Å²) in [6.07, 6.45) is 7.72. The fraction of sp³-hybridized carbons (Fsp3) is 0.458. The maximum absolute atomic E-state index is 12.9. The third-order valence-electron chi connectivity index (χ3n) is 6.35. The largest absolute Gasteiger partial charge is 0.496 e. The Bertz CT molecular complexity index is 1020. The lowest BCUT2D eigenvalue weighted by Crippen LogP contribution is -2.27. The van der Waals surface area contributed by atoms with Gasteiger partial charge in [-0.15, -0.1) is 0 Å². The van der Waals surface area contributed by atoms with Gasteiger partial charge in [0, 0.05) is 24.3 Å². The highest BCUT2D eigenvalue weighted by Gasteiger charge is 2.27. The second-order valence-corrected chi connectivity index (χ2v) is 10.3. The number of carbonyl (C=O) groups excluding carboxylic acids is 1. The van der Waals surface area contributed by atoms with Crippen LogP contribution in [0.4, 0.5) is 5.69 Å². The summed E-state index contributed by atoms with van der Waals surface area (Å²) < 4.78 is 32.4. The Kier molecular flexibility index (Phi) is 6.62. The lowest BCUT2D eigenvalue weighted by Gasteiger charge is -2.24.